The average Bonchev–Trinajstić information content (AvgIpc) is 2.66. The molecule has 0 aliphatic carbocycles. The van der Waals surface area contributed by atoms with Gasteiger partial charge in [-0.3, -0.25) is 19.3 Å². The van der Waals surface area contributed by atoms with Gasteiger partial charge in [0.15, 0.2) is 0 Å². The Morgan fingerprint density at radius 1 is 1.19 bits per heavy atom. The number of hydrogen-bond acceptors (Lipinski definition) is 6. The predicted octanol–water partition coefficient (Wildman–Crippen LogP) is 2.80. The van der Waals surface area contributed by atoms with Crippen LogP contribution in [0.3, 0.4) is 0 Å². The first-order chi connectivity index (χ1) is 14.4. The number of imide groups is 1. The topological polar surface area (TPSA) is 102 Å². The number of amides is 3. The lowest BCUT2D eigenvalue weighted by Crippen LogP contribution is -2.56. The van der Waals surface area contributed by atoms with E-state index in [0.717, 1.165) is 5.56 Å². The molecular formula is C21H26F2N2O6. The number of ether oxygens (including phenoxy) is 2. The van der Waals surface area contributed by atoms with Crippen LogP contribution in [0.25, 0.3) is 0 Å². The molecule has 0 bridgehead atoms. The van der Waals surface area contributed by atoms with Gasteiger partial charge in [-0.15, -0.1) is 0 Å². The van der Waals surface area contributed by atoms with Crippen molar-refractivity contribution in [3.05, 3.63) is 35.9 Å². The quantitative estimate of drug-likeness (QED) is 0.517. The standard InChI is InChI=1S/C21H26F2N2O6/c1-20(2,3)31-19(29)24-15(11-17(27)30-13-14-7-5-4-6-8-14)12-25-16(26)9-10-21(22,23)18(25)28/h4-8,15H,9-13H2,1-3H3,(H,24,29). The van der Waals surface area contributed by atoms with Crippen molar-refractivity contribution in [3.63, 3.8) is 0 Å². The third-order valence-corrected chi connectivity index (χ3v) is 4.29. The van der Waals surface area contributed by atoms with Crippen LogP contribution in [0.1, 0.15) is 45.6 Å². The van der Waals surface area contributed by atoms with Crippen molar-refractivity contribution in [1.29, 1.82) is 0 Å². The number of carbonyl (C=O) groups excluding carboxylic acids is 4. The molecule has 1 atom stereocenters. The number of alkyl carbamates (subject to hydrolysis) is 1. The first kappa shape index (κ1) is 24.2. The number of hydrogen-bond donors (Lipinski definition) is 1. The van der Waals surface area contributed by atoms with Crippen LogP contribution in [0, 0.1) is 0 Å². The summed E-state index contributed by atoms with van der Waals surface area (Å²) in [5, 5.41) is 2.37. The highest BCUT2D eigenvalue weighted by atomic mass is 19.3. The lowest BCUT2D eigenvalue weighted by atomic mass is 10.0. The monoisotopic (exact) mass is 440 g/mol. The molecule has 1 aromatic carbocycles. The molecule has 3 amide bonds. The Labute approximate surface area is 178 Å². The lowest BCUT2D eigenvalue weighted by molar-refractivity contribution is -0.172. The van der Waals surface area contributed by atoms with E-state index in [1.54, 1.807) is 51.1 Å². The summed E-state index contributed by atoms with van der Waals surface area (Å²) in [5.41, 5.74) is -0.125. The fourth-order valence-corrected chi connectivity index (χ4v) is 2.86. The minimum absolute atomic E-state index is 0.0293. The molecule has 0 radical (unpaired) electrons. The predicted molar refractivity (Wildman–Crippen MR) is 105 cm³/mol. The van der Waals surface area contributed by atoms with E-state index in [4.69, 9.17) is 9.47 Å². The van der Waals surface area contributed by atoms with E-state index in [-0.39, 0.29) is 6.61 Å². The van der Waals surface area contributed by atoms with Gasteiger partial charge in [0, 0.05) is 19.4 Å². The van der Waals surface area contributed by atoms with Crippen molar-refractivity contribution >= 4 is 23.9 Å². The van der Waals surface area contributed by atoms with Gasteiger partial charge in [0.2, 0.25) is 5.91 Å². The molecule has 1 fully saturated rings. The summed E-state index contributed by atoms with van der Waals surface area (Å²) in [7, 11) is 0. The number of benzene rings is 1. The molecule has 1 aromatic rings. The second kappa shape index (κ2) is 9.84. The number of piperidine rings is 1. The van der Waals surface area contributed by atoms with E-state index in [9.17, 15) is 28.0 Å². The fraction of sp³-hybridized carbons (Fsp3) is 0.524. The molecule has 0 spiro atoms. The van der Waals surface area contributed by atoms with Crippen molar-refractivity contribution in [2.75, 3.05) is 6.54 Å². The fourth-order valence-electron chi connectivity index (χ4n) is 2.86. The molecule has 1 N–H and O–H groups in total. The van der Waals surface area contributed by atoms with Gasteiger partial charge in [0.25, 0.3) is 5.91 Å². The van der Waals surface area contributed by atoms with Crippen LogP contribution in [0.2, 0.25) is 0 Å². The van der Waals surface area contributed by atoms with Gasteiger partial charge in [-0.25, -0.2) is 4.79 Å². The maximum absolute atomic E-state index is 13.8. The number of halogens is 2. The number of carbonyl (C=O) groups is 4. The van der Waals surface area contributed by atoms with E-state index in [0.29, 0.717) is 4.90 Å². The van der Waals surface area contributed by atoms with Crippen LogP contribution >= 0.6 is 0 Å². The maximum Gasteiger partial charge on any atom is 0.407 e. The van der Waals surface area contributed by atoms with E-state index in [1.807, 2.05) is 0 Å². The first-order valence-corrected chi connectivity index (χ1v) is 9.79. The van der Waals surface area contributed by atoms with Gasteiger partial charge in [0.1, 0.15) is 12.2 Å². The minimum Gasteiger partial charge on any atom is -0.461 e. The summed E-state index contributed by atoms with van der Waals surface area (Å²) >= 11 is 0. The maximum atomic E-state index is 13.8. The van der Waals surface area contributed by atoms with Gasteiger partial charge < -0.3 is 14.8 Å². The molecule has 1 saturated heterocycles. The second-order valence-electron chi connectivity index (χ2n) is 8.21. The molecule has 170 valence electrons. The van der Waals surface area contributed by atoms with Gasteiger partial charge in [-0.2, -0.15) is 8.78 Å². The summed E-state index contributed by atoms with van der Waals surface area (Å²) in [6.45, 7) is 4.22. The van der Waals surface area contributed by atoms with Gasteiger partial charge in [0.05, 0.1) is 12.5 Å². The number of alkyl halides is 2. The molecular weight excluding hydrogens is 414 g/mol. The van der Waals surface area contributed by atoms with E-state index in [2.05, 4.69) is 5.32 Å². The van der Waals surface area contributed by atoms with Crippen LogP contribution in [0.15, 0.2) is 30.3 Å². The van der Waals surface area contributed by atoms with E-state index < -0.39 is 67.2 Å². The van der Waals surface area contributed by atoms with Gasteiger partial charge in [-0.05, 0) is 26.3 Å². The van der Waals surface area contributed by atoms with Crippen LogP contribution in [-0.4, -0.2) is 52.9 Å². The summed E-state index contributed by atoms with van der Waals surface area (Å²) in [6, 6.07) is 7.66. The summed E-state index contributed by atoms with van der Waals surface area (Å²) in [6.07, 6.45) is -2.76. The molecule has 1 heterocycles. The zero-order valence-corrected chi connectivity index (χ0v) is 17.7. The molecule has 8 nitrogen and oxygen atoms in total. The van der Waals surface area contributed by atoms with Crippen LogP contribution in [-0.2, 0) is 30.5 Å². The molecule has 31 heavy (non-hydrogen) atoms. The Morgan fingerprint density at radius 3 is 2.45 bits per heavy atom. The Hall–Kier alpha value is -3.04. The third kappa shape index (κ3) is 7.62. The highest BCUT2D eigenvalue weighted by Crippen LogP contribution is 2.29. The number of likely N-dealkylation sites (tertiary alicyclic amines) is 1. The van der Waals surface area contributed by atoms with Crippen molar-refractivity contribution in [2.45, 2.75) is 64.2 Å². The first-order valence-electron chi connectivity index (χ1n) is 9.79. The molecule has 10 heteroatoms. The van der Waals surface area contributed by atoms with Crippen molar-refractivity contribution in [3.8, 4) is 0 Å². The SMILES string of the molecule is CC(C)(C)OC(=O)NC(CC(=O)OCc1ccccc1)CN1C(=O)CCC(F)(F)C1=O. The number of esters is 1. The van der Waals surface area contributed by atoms with Gasteiger partial charge >= 0.3 is 18.0 Å². The number of rotatable bonds is 7. The molecule has 2 rings (SSSR count). The lowest BCUT2D eigenvalue weighted by Gasteiger charge is -2.33. The zero-order chi connectivity index (χ0) is 23.2. The minimum atomic E-state index is -3.68. The van der Waals surface area contributed by atoms with Crippen molar-refractivity contribution in [2.24, 2.45) is 0 Å². The molecule has 1 aliphatic rings. The third-order valence-electron chi connectivity index (χ3n) is 4.29. The van der Waals surface area contributed by atoms with Crippen molar-refractivity contribution in [1.82, 2.24) is 10.2 Å². The molecule has 1 aliphatic heterocycles. The van der Waals surface area contributed by atoms with Crippen molar-refractivity contribution < 1.29 is 37.4 Å². The molecule has 0 aromatic heterocycles. The van der Waals surface area contributed by atoms with E-state index >= 15 is 0 Å². The Morgan fingerprint density at radius 2 is 1.84 bits per heavy atom. The highest BCUT2D eigenvalue weighted by Gasteiger charge is 2.49. The zero-order valence-electron chi connectivity index (χ0n) is 17.7. The Bertz CT molecular complexity index is 823. The second-order valence-corrected chi connectivity index (χ2v) is 8.21. The average molecular weight is 440 g/mol. The number of nitrogens with zero attached hydrogens (tertiary/aromatic N) is 1. The van der Waals surface area contributed by atoms with Crippen LogP contribution in [0.4, 0.5) is 13.6 Å². The Balaban J connectivity index is 2.08. The smallest absolute Gasteiger partial charge is 0.407 e. The van der Waals surface area contributed by atoms with Crippen LogP contribution < -0.4 is 5.32 Å². The van der Waals surface area contributed by atoms with E-state index in [1.165, 1.54) is 0 Å². The Kier molecular flexibility index (Phi) is 7.70. The summed E-state index contributed by atoms with van der Waals surface area (Å²) in [4.78, 5) is 48.8. The van der Waals surface area contributed by atoms with Crippen LogP contribution in [0.5, 0.6) is 0 Å². The van der Waals surface area contributed by atoms with Gasteiger partial charge in [-0.1, -0.05) is 30.3 Å². The number of nitrogens with one attached hydrogen (secondary N) is 1. The molecule has 0 saturated carbocycles. The highest BCUT2D eigenvalue weighted by molar-refractivity contribution is 6.01. The largest absolute Gasteiger partial charge is 0.461 e. The summed E-state index contributed by atoms with van der Waals surface area (Å²) < 4.78 is 37.8. The normalized spacial score (nSPS) is 17.1. The molecule has 1 unspecified atom stereocenters. The summed E-state index contributed by atoms with van der Waals surface area (Å²) in [5.74, 6) is -6.88.